The molecule has 0 amide bonds. The van der Waals surface area contributed by atoms with Gasteiger partial charge in [0.2, 0.25) is 0 Å². The van der Waals surface area contributed by atoms with Crippen LogP contribution in [-0.2, 0) is 5.60 Å². The summed E-state index contributed by atoms with van der Waals surface area (Å²) in [5.74, 6) is 0. The van der Waals surface area contributed by atoms with E-state index in [1.807, 2.05) is 18.2 Å². The van der Waals surface area contributed by atoms with Gasteiger partial charge in [-0.3, -0.25) is 0 Å². The lowest BCUT2D eigenvalue weighted by molar-refractivity contribution is -0.0408. The Hall–Kier alpha value is -0.0900. The Kier molecular flexibility index (Phi) is 3.43. The summed E-state index contributed by atoms with van der Waals surface area (Å²) in [5.41, 5.74) is 0.141. The summed E-state index contributed by atoms with van der Waals surface area (Å²) in [6.07, 6.45) is 4.06. The van der Waals surface area contributed by atoms with Gasteiger partial charge in [-0.2, -0.15) is 0 Å². The van der Waals surface area contributed by atoms with Gasteiger partial charge in [-0.25, -0.2) is 0 Å². The Labute approximate surface area is 121 Å². The van der Waals surface area contributed by atoms with Gasteiger partial charge in [0.15, 0.2) is 0 Å². The van der Waals surface area contributed by atoms with E-state index in [9.17, 15) is 5.11 Å². The SMILES string of the molecule is OC1(c2ccc(Br)cc2Cl)CCN2CCCC2C1. The minimum absolute atomic E-state index is 0.531. The quantitative estimate of drug-likeness (QED) is 0.851. The van der Waals surface area contributed by atoms with Crippen LogP contribution in [0, 0.1) is 0 Å². The van der Waals surface area contributed by atoms with Crippen molar-refractivity contribution >= 4 is 27.5 Å². The summed E-state index contributed by atoms with van der Waals surface area (Å²) >= 11 is 9.70. The Morgan fingerprint density at radius 1 is 1.39 bits per heavy atom. The number of aliphatic hydroxyl groups is 1. The van der Waals surface area contributed by atoms with Crippen LogP contribution in [0.3, 0.4) is 0 Å². The van der Waals surface area contributed by atoms with E-state index in [0.717, 1.165) is 29.4 Å². The van der Waals surface area contributed by atoms with Crippen LogP contribution in [0.15, 0.2) is 22.7 Å². The molecule has 98 valence electrons. The average molecular weight is 331 g/mol. The fraction of sp³-hybridized carbons (Fsp3) is 0.571. The van der Waals surface area contributed by atoms with Crippen molar-refractivity contribution in [2.24, 2.45) is 0 Å². The van der Waals surface area contributed by atoms with E-state index in [1.54, 1.807) is 0 Å². The molecule has 3 rings (SSSR count). The molecular weight excluding hydrogens is 314 g/mol. The van der Waals surface area contributed by atoms with E-state index in [0.29, 0.717) is 11.1 Å². The number of fused-ring (bicyclic) bond motifs is 1. The van der Waals surface area contributed by atoms with E-state index in [1.165, 1.54) is 19.4 Å². The maximum atomic E-state index is 10.9. The lowest BCUT2D eigenvalue weighted by Crippen LogP contribution is -2.46. The molecule has 1 aromatic rings. The number of rotatable bonds is 1. The Balaban J connectivity index is 1.90. The Bertz CT molecular complexity index is 467. The molecule has 0 saturated carbocycles. The number of hydrogen-bond donors (Lipinski definition) is 1. The van der Waals surface area contributed by atoms with Crippen molar-refractivity contribution in [1.29, 1.82) is 0 Å². The lowest BCUT2D eigenvalue weighted by atomic mass is 9.81. The summed E-state index contributed by atoms with van der Waals surface area (Å²) in [6.45, 7) is 2.17. The molecule has 2 aliphatic rings. The van der Waals surface area contributed by atoms with Crippen molar-refractivity contribution in [2.45, 2.75) is 37.3 Å². The van der Waals surface area contributed by atoms with E-state index >= 15 is 0 Å². The molecule has 2 saturated heterocycles. The topological polar surface area (TPSA) is 23.5 Å². The molecule has 18 heavy (non-hydrogen) atoms. The molecule has 4 heteroatoms. The van der Waals surface area contributed by atoms with Crippen molar-refractivity contribution in [3.63, 3.8) is 0 Å². The first-order valence-electron chi connectivity index (χ1n) is 6.50. The standard InChI is InChI=1S/C14H17BrClNO/c15-10-3-4-12(13(16)8-10)14(18)5-7-17-6-1-2-11(17)9-14/h3-4,8,11,18H,1-2,5-7,9H2. The van der Waals surface area contributed by atoms with Crippen molar-refractivity contribution in [1.82, 2.24) is 4.90 Å². The average Bonchev–Trinajstić information content (AvgIpc) is 2.75. The summed E-state index contributed by atoms with van der Waals surface area (Å²) in [6, 6.07) is 6.32. The fourth-order valence-corrected chi connectivity index (χ4v) is 4.20. The summed E-state index contributed by atoms with van der Waals surface area (Å²) in [7, 11) is 0. The van der Waals surface area contributed by atoms with E-state index in [4.69, 9.17) is 11.6 Å². The first-order valence-corrected chi connectivity index (χ1v) is 7.67. The van der Waals surface area contributed by atoms with Gasteiger partial charge in [0.1, 0.15) is 0 Å². The van der Waals surface area contributed by atoms with Gasteiger partial charge in [0.05, 0.1) is 5.60 Å². The van der Waals surface area contributed by atoms with Crippen LogP contribution < -0.4 is 0 Å². The van der Waals surface area contributed by atoms with Gasteiger partial charge < -0.3 is 10.0 Å². The van der Waals surface area contributed by atoms with Crippen LogP contribution in [-0.4, -0.2) is 29.1 Å². The van der Waals surface area contributed by atoms with Crippen molar-refractivity contribution in [3.05, 3.63) is 33.3 Å². The van der Waals surface area contributed by atoms with Gasteiger partial charge in [-0.1, -0.05) is 33.6 Å². The Morgan fingerprint density at radius 3 is 3.00 bits per heavy atom. The molecule has 0 aromatic heterocycles. The molecule has 0 bridgehead atoms. The monoisotopic (exact) mass is 329 g/mol. The van der Waals surface area contributed by atoms with Gasteiger partial charge in [-0.15, -0.1) is 0 Å². The van der Waals surface area contributed by atoms with E-state index in [-0.39, 0.29) is 0 Å². The smallest absolute Gasteiger partial charge is 0.0938 e. The number of benzene rings is 1. The lowest BCUT2D eigenvalue weighted by Gasteiger charge is -2.41. The molecule has 2 aliphatic heterocycles. The van der Waals surface area contributed by atoms with Crippen LogP contribution in [0.1, 0.15) is 31.2 Å². The van der Waals surface area contributed by atoms with Gasteiger partial charge in [-0.05, 0) is 44.4 Å². The molecule has 1 aromatic carbocycles. The molecule has 2 unspecified atom stereocenters. The summed E-state index contributed by atoms with van der Waals surface area (Å²) < 4.78 is 0.957. The van der Waals surface area contributed by atoms with Gasteiger partial charge >= 0.3 is 0 Å². The van der Waals surface area contributed by atoms with E-state index < -0.39 is 5.60 Å². The van der Waals surface area contributed by atoms with Crippen LogP contribution in [0.2, 0.25) is 5.02 Å². The van der Waals surface area contributed by atoms with Gasteiger partial charge in [0, 0.05) is 27.6 Å². The highest BCUT2D eigenvalue weighted by atomic mass is 79.9. The van der Waals surface area contributed by atoms with Crippen molar-refractivity contribution < 1.29 is 5.11 Å². The summed E-state index contributed by atoms with van der Waals surface area (Å²) in [5, 5.41) is 11.6. The van der Waals surface area contributed by atoms with Crippen molar-refractivity contribution in [3.8, 4) is 0 Å². The second-order valence-electron chi connectivity index (χ2n) is 5.44. The number of nitrogens with zero attached hydrogens (tertiary/aromatic N) is 1. The third-order valence-corrected chi connectivity index (χ3v) is 5.12. The first kappa shape index (κ1) is 12.9. The molecule has 2 fully saturated rings. The highest BCUT2D eigenvalue weighted by Crippen LogP contribution is 2.42. The van der Waals surface area contributed by atoms with Crippen LogP contribution in [0.4, 0.5) is 0 Å². The van der Waals surface area contributed by atoms with Crippen LogP contribution in [0.25, 0.3) is 0 Å². The molecule has 2 heterocycles. The molecular formula is C14H17BrClNO. The number of halogens is 2. The predicted molar refractivity (Wildman–Crippen MR) is 76.9 cm³/mol. The number of hydrogen-bond acceptors (Lipinski definition) is 2. The molecule has 0 radical (unpaired) electrons. The predicted octanol–water partition coefficient (Wildman–Crippen LogP) is 3.55. The normalized spacial score (nSPS) is 32.5. The highest BCUT2D eigenvalue weighted by Gasteiger charge is 2.42. The van der Waals surface area contributed by atoms with Crippen LogP contribution >= 0.6 is 27.5 Å². The van der Waals surface area contributed by atoms with Gasteiger partial charge in [0.25, 0.3) is 0 Å². The first-order chi connectivity index (χ1) is 8.58. The second-order valence-corrected chi connectivity index (χ2v) is 6.76. The summed E-state index contributed by atoms with van der Waals surface area (Å²) in [4.78, 5) is 2.50. The molecule has 0 spiro atoms. The molecule has 2 atom stereocenters. The zero-order chi connectivity index (χ0) is 12.8. The largest absolute Gasteiger partial charge is 0.385 e. The zero-order valence-electron chi connectivity index (χ0n) is 10.2. The Morgan fingerprint density at radius 2 is 2.22 bits per heavy atom. The second kappa shape index (κ2) is 4.78. The zero-order valence-corrected chi connectivity index (χ0v) is 12.5. The minimum atomic E-state index is -0.747. The number of piperidine rings is 1. The molecule has 1 N–H and O–H groups in total. The molecule has 2 nitrogen and oxygen atoms in total. The maximum Gasteiger partial charge on any atom is 0.0938 e. The fourth-order valence-electron chi connectivity index (χ4n) is 3.35. The van der Waals surface area contributed by atoms with Crippen molar-refractivity contribution in [2.75, 3.05) is 13.1 Å². The third kappa shape index (κ3) is 2.22. The van der Waals surface area contributed by atoms with E-state index in [2.05, 4.69) is 20.8 Å². The van der Waals surface area contributed by atoms with Crippen LogP contribution in [0.5, 0.6) is 0 Å². The molecule has 0 aliphatic carbocycles. The minimum Gasteiger partial charge on any atom is -0.385 e. The highest BCUT2D eigenvalue weighted by molar-refractivity contribution is 9.10. The maximum absolute atomic E-state index is 10.9. The third-order valence-electron chi connectivity index (χ3n) is 4.32.